The Morgan fingerprint density at radius 2 is 2.15 bits per heavy atom. The Labute approximate surface area is 82.1 Å². The number of hydrogen-bond donors (Lipinski definition) is 2. The lowest BCUT2D eigenvalue weighted by molar-refractivity contribution is 0.900. The molecule has 0 saturated heterocycles. The molecule has 1 aromatic rings. The predicted molar refractivity (Wildman–Crippen MR) is 56.5 cm³/mol. The Bertz CT molecular complexity index is 269. The van der Waals surface area contributed by atoms with Gasteiger partial charge in [-0.2, -0.15) is 4.98 Å². The Hall–Kier alpha value is -0.970. The van der Waals surface area contributed by atoms with Crippen LogP contribution in [0.1, 0.15) is 20.3 Å². The van der Waals surface area contributed by atoms with Gasteiger partial charge in [-0.15, -0.1) is 11.8 Å². The number of nitrogens with zero attached hydrogens (tertiary/aromatic N) is 2. The molecule has 0 aliphatic rings. The lowest BCUT2D eigenvalue weighted by Crippen LogP contribution is -2.01. The van der Waals surface area contributed by atoms with E-state index in [1.807, 2.05) is 0 Å². The average molecular weight is 198 g/mol. The van der Waals surface area contributed by atoms with Crippen molar-refractivity contribution in [2.45, 2.75) is 30.5 Å². The van der Waals surface area contributed by atoms with E-state index in [1.165, 1.54) is 0 Å². The number of nitrogens with two attached hydrogens (primary N) is 2. The second-order valence-electron chi connectivity index (χ2n) is 2.83. The molecule has 4 N–H and O–H groups in total. The molecule has 0 aliphatic carbocycles. The monoisotopic (exact) mass is 198 g/mol. The maximum absolute atomic E-state index is 5.53. The third-order valence-corrected chi connectivity index (χ3v) is 2.82. The Kier molecular flexibility index (Phi) is 3.36. The van der Waals surface area contributed by atoms with E-state index >= 15 is 0 Å². The summed E-state index contributed by atoms with van der Waals surface area (Å²) in [5.41, 5.74) is 11.0. The third-order valence-electron chi connectivity index (χ3n) is 1.64. The van der Waals surface area contributed by atoms with Gasteiger partial charge >= 0.3 is 0 Å². The molecule has 4 nitrogen and oxygen atoms in total. The summed E-state index contributed by atoms with van der Waals surface area (Å²) in [6.45, 7) is 4.27. The van der Waals surface area contributed by atoms with E-state index in [9.17, 15) is 0 Å². The minimum Gasteiger partial charge on any atom is -0.383 e. The summed E-state index contributed by atoms with van der Waals surface area (Å²) in [5, 5.41) is 1.37. The number of thioether (sulfide) groups is 1. The topological polar surface area (TPSA) is 77.8 Å². The average Bonchev–Trinajstić information content (AvgIpc) is 2.02. The maximum Gasteiger partial charge on any atom is 0.223 e. The highest BCUT2D eigenvalue weighted by atomic mass is 32.2. The van der Waals surface area contributed by atoms with Gasteiger partial charge in [-0.05, 0) is 6.42 Å². The summed E-state index contributed by atoms with van der Waals surface area (Å²) in [6, 6.07) is 1.74. The van der Waals surface area contributed by atoms with Gasteiger partial charge in [0.05, 0.1) is 0 Å². The fourth-order valence-corrected chi connectivity index (χ4v) is 1.73. The molecule has 0 saturated carbocycles. The molecule has 1 aromatic heterocycles. The molecule has 1 unspecified atom stereocenters. The highest BCUT2D eigenvalue weighted by Gasteiger charge is 2.04. The van der Waals surface area contributed by atoms with Crippen molar-refractivity contribution in [2.75, 3.05) is 11.5 Å². The van der Waals surface area contributed by atoms with E-state index in [0.717, 1.165) is 11.4 Å². The molecule has 0 radical (unpaired) electrons. The Balaban J connectivity index is 2.77. The van der Waals surface area contributed by atoms with Crippen molar-refractivity contribution >= 4 is 23.5 Å². The zero-order chi connectivity index (χ0) is 9.84. The van der Waals surface area contributed by atoms with Gasteiger partial charge in [-0.25, -0.2) is 4.98 Å². The molecule has 0 spiro atoms. The Morgan fingerprint density at radius 3 is 2.69 bits per heavy atom. The summed E-state index contributed by atoms with van der Waals surface area (Å²) in [5.74, 6) is 0.670. The van der Waals surface area contributed by atoms with Gasteiger partial charge in [0, 0.05) is 11.3 Å². The zero-order valence-corrected chi connectivity index (χ0v) is 8.64. The third kappa shape index (κ3) is 3.10. The van der Waals surface area contributed by atoms with Gasteiger partial charge in [-0.1, -0.05) is 13.8 Å². The van der Waals surface area contributed by atoms with E-state index in [2.05, 4.69) is 23.8 Å². The summed E-state index contributed by atoms with van der Waals surface area (Å²) < 4.78 is 0. The van der Waals surface area contributed by atoms with Crippen molar-refractivity contribution < 1.29 is 0 Å². The van der Waals surface area contributed by atoms with E-state index < -0.39 is 0 Å². The van der Waals surface area contributed by atoms with Crippen molar-refractivity contribution in [3.05, 3.63) is 6.07 Å². The van der Waals surface area contributed by atoms with E-state index in [0.29, 0.717) is 11.1 Å². The number of hydrogen-bond acceptors (Lipinski definition) is 5. The summed E-state index contributed by atoms with van der Waals surface area (Å²) in [4.78, 5) is 7.87. The first kappa shape index (κ1) is 10.1. The van der Waals surface area contributed by atoms with Crippen LogP contribution in [0.5, 0.6) is 0 Å². The molecule has 0 aromatic carbocycles. The summed E-state index contributed by atoms with van der Waals surface area (Å²) >= 11 is 1.66. The molecule has 1 rings (SSSR count). The van der Waals surface area contributed by atoms with Gasteiger partial charge < -0.3 is 11.5 Å². The van der Waals surface area contributed by atoms with Crippen LogP contribution in [0.2, 0.25) is 0 Å². The van der Waals surface area contributed by atoms with E-state index in [1.54, 1.807) is 17.8 Å². The summed E-state index contributed by atoms with van der Waals surface area (Å²) in [7, 11) is 0. The van der Waals surface area contributed by atoms with Crippen LogP contribution in [-0.2, 0) is 0 Å². The van der Waals surface area contributed by atoms with Crippen LogP contribution in [0.25, 0.3) is 0 Å². The lowest BCUT2D eigenvalue weighted by atomic mass is 10.4. The Morgan fingerprint density at radius 1 is 1.46 bits per heavy atom. The molecule has 72 valence electrons. The quantitative estimate of drug-likeness (QED) is 0.569. The van der Waals surface area contributed by atoms with Crippen LogP contribution in [-0.4, -0.2) is 15.2 Å². The van der Waals surface area contributed by atoms with Crippen LogP contribution in [0, 0.1) is 0 Å². The van der Waals surface area contributed by atoms with Crippen molar-refractivity contribution in [3.8, 4) is 0 Å². The second kappa shape index (κ2) is 4.32. The minimum atomic E-state index is 0.241. The first-order chi connectivity index (χ1) is 6.11. The van der Waals surface area contributed by atoms with Gasteiger partial charge in [0.15, 0.2) is 0 Å². The largest absolute Gasteiger partial charge is 0.383 e. The van der Waals surface area contributed by atoms with Crippen molar-refractivity contribution in [1.82, 2.24) is 9.97 Å². The van der Waals surface area contributed by atoms with Crippen LogP contribution < -0.4 is 11.5 Å². The number of anilines is 2. The second-order valence-corrected chi connectivity index (χ2v) is 4.28. The molecule has 5 heteroatoms. The van der Waals surface area contributed by atoms with Gasteiger partial charge in [0.1, 0.15) is 10.8 Å². The van der Waals surface area contributed by atoms with Gasteiger partial charge in [-0.3, -0.25) is 0 Å². The van der Waals surface area contributed by atoms with Crippen molar-refractivity contribution in [3.63, 3.8) is 0 Å². The standard InChI is InChI=1S/C8H14N4S/c1-3-5(2)13-7-4-6(9)11-8(10)12-7/h4-5H,3H2,1-2H3,(H4,9,10,11,12). The van der Waals surface area contributed by atoms with Crippen molar-refractivity contribution in [2.24, 2.45) is 0 Å². The molecule has 0 amide bonds. The number of aromatic nitrogens is 2. The van der Waals surface area contributed by atoms with Crippen LogP contribution >= 0.6 is 11.8 Å². The van der Waals surface area contributed by atoms with Crippen LogP contribution in [0.4, 0.5) is 11.8 Å². The van der Waals surface area contributed by atoms with Crippen LogP contribution in [0.15, 0.2) is 11.1 Å². The first-order valence-electron chi connectivity index (χ1n) is 4.18. The molecule has 0 bridgehead atoms. The number of nitrogen functional groups attached to an aromatic ring is 2. The van der Waals surface area contributed by atoms with Gasteiger partial charge in [0.25, 0.3) is 0 Å². The van der Waals surface area contributed by atoms with Gasteiger partial charge in [0.2, 0.25) is 5.95 Å². The smallest absolute Gasteiger partial charge is 0.223 e. The minimum absolute atomic E-state index is 0.241. The SMILES string of the molecule is CCC(C)Sc1cc(N)nc(N)n1. The predicted octanol–water partition coefficient (Wildman–Crippen LogP) is 1.53. The first-order valence-corrected chi connectivity index (χ1v) is 5.06. The lowest BCUT2D eigenvalue weighted by Gasteiger charge is -2.07. The highest BCUT2D eigenvalue weighted by molar-refractivity contribution is 7.99. The van der Waals surface area contributed by atoms with E-state index in [4.69, 9.17) is 11.5 Å². The highest BCUT2D eigenvalue weighted by Crippen LogP contribution is 2.24. The fraction of sp³-hybridized carbons (Fsp3) is 0.500. The number of rotatable bonds is 3. The molecule has 1 atom stereocenters. The molecular formula is C8H14N4S. The summed E-state index contributed by atoms with van der Waals surface area (Å²) in [6.07, 6.45) is 1.09. The van der Waals surface area contributed by atoms with Crippen LogP contribution in [0.3, 0.4) is 0 Å². The normalized spacial score (nSPS) is 12.8. The zero-order valence-electron chi connectivity index (χ0n) is 7.82. The van der Waals surface area contributed by atoms with Crippen molar-refractivity contribution in [1.29, 1.82) is 0 Å². The maximum atomic E-state index is 5.53. The fourth-order valence-electron chi connectivity index (χ4n) is 0.811. The molecule has 0 fully saturated rings. The molecule has 0 aliphatic heterocycles. The molecule has 1 heterocycles. The molecule has 13 heavy (non-hydrogen) atoms. The van der Waals surface area contributed by atoms with E-state index in [-0.39, 0.29) is 5.95 Å². The molecular weight excluding hydrogens is 184 g/mol.